The molecule has 7 heteroatoms. The van der Waals surface area contributed by atoms with Crippen LogP contribution in [0, 0.1) is 11.8 Å². The van der Waals surface area contributed by atoms with Crippen LogP contribution in [0.2, 0.25) is 0 Å². The topological polar surface area (TPSA) is 90.0 Å². The van der Waals surface area contributed by atoms with E-state index in [9.17, 15) is 8.42 Å². The number of nitrogens with one attached hydrogen (secondary N) is 1. The first-order valence-corrected chi connectivity index (χ1v) is 8.72. The molecule has 3 atom stereocenters. The quantitative estimate of drug-likeness (QED) is 0.864. The normalized spacial score (nSPS) is 27.1. The number of hydrogen-bond acceptors (Lipinski definition) is 4. The molecule has 1 aromatic rings. The summed E-state index contributed by atoms with van der Waals surface area (Å²) in [7, 11) is -3.59. The van der Waals surface area contributed by atoms with Crippen molar-refractivity contribution < 1.29 is 8.42 Å². The second-order valence-corrected chi connectivity index (χ2v) is 7.25. The third kappa shape index (κ3) is 2.83. The number of anilines is 1. The van der Waals surface area contributed by atoms with Gasteiger partial charge in [0, 0.05) is 18.8 Å². The Labute approximate surface area is 120 Å². The summed E-state index contributed by atoms with van der Waals surface area (Å²) in [6.07, 6.45) is 4.55. The van der Waals surface area contributed by atoms with Crippen molar-refractivity contribution in [1.82, 2.24) is 14.5 Å². The number of aromatic nitrogens is 2. The van der Waals surface area contributed by atoms with E-state index in [1.165, 1.54) is 10.9 Å². The molecule has 20 heavy (non-hydrogen) atoms. The van der Waals surface area contributed by atoms with Crippen molar-refractivity contribution in [1.29, 1.82) is 0 Å². The van der Waals surface area contributed by atoms with E-state index in [0.29, 0.717) is 18.4 Å². The van der Waals surface area contributed by atoms with E-state index < -0.39 is 10.0 Å². The van der Waals surface area contributed by atoms with Gasteiger partial charge in [-0.15, -0.1) is 0 Å². The Morgan fingerprint density at radius 1 is 1.45 bits per heavy atom. The maximum Gasteiger partial charge on any atom is 0.246 e. The number of nitrogen functional groups attached to an aromatic ring is 1. The summed E-state index contributed by atoms with van der Waals surface area (Å²) in [6.45, 7) is 6.76. The molecule has 0 saturated heterocycles. The fraction of sp³-hybridized carbons (Fsp3) is 0.769. The van der Waals surface area contributed by atoms with Crippen molar-refractivity contribution in [2.24, 2.45) is 11.8 Å². The van der Waals surface area contributed by atoms with Gasteiger partial charge >= 0.3 is 0 Å². The second kappa shape index (κ2) is 5.73. The molecule has 0 bridgehead atoms. The predicted octanol–water partition coefficient (Wildman–Crippen LogP) is 1.59. The summed E-state index contributed by atoms with van der Waals surface area (Å²) in [4.78, 5) is 0.0894. The molecule has 6 nitrogen and oxygen atoms in total. The molecular weight excluding hydrogens is 276 g/mol. The molecule has 2 rings (SSSR count). The van der Waals surface area contributed by atoms with E-state index in [0.717, 1.165) is 19.3 Å². The second-order valence-electron chi connectivity index (χ2n) is 5.57. The van der Waals surface area contributed by atoms with Crippen LogP contribution in [-0.4, -0.2) is 24.2 Å². The molecule has 0 spiro atoms. The molecule has 0 aromatic carbocycles. The van der Waals surface area contributed by atoms with E-state index in [1.807, 2.05) is 6.92 Å². The number of aryl methyl sites for hydroxylation is 1. The van der Waals surface area contributed by atoms with Gasteiger partial charge in [-0.25, -0.2) is 13.1 Å². The molecule has 0 radical (unpaired) electrons. The van der Waals surface area contributed by atoms with Gasteiger partial charge in [-0.05, 0) is 31.6 Å². The Balaban J connectivity index is 2.17. The maximum atomic E-state index is 12.4. The van der Waals surface area contributed by atoms with E-state index >= 15 is 0 Å². The standard InChI is InChI=1S/C13H24N4O2S/c1-4-10-6-7-11(9(10)3)16-20(18,19)12-8-17(5-2)15-13(12)14/h8-11,16H,4-7H2,1-3H3,(H2,14,15). The Morgan fingerprint density at radius 3 is 2.65 bits per heavy atom. The lowest BCUT2D eigenvalue weighted by atomic mass is 9.94. The Kier molecular flexibility index (Phi) is 4.39. The minimum atomic E-state index is -3.59. The fourth-order valence-corrected chi connectivity index (χ4v) is 4.47. The van der Waals surface area contributed by atoms with Gasteiger partial charge in [-0.1, -0.05) is 20.3 Å². The largest absolute Gasteiger partial charge is 0.381 e. The molecule has 1 heterocycles. The number of nitrogens with zero attached hydrogens (tertiary/aromatic N) is 2. The summed E-state index contributed by atoms with van der Waals surface area (Å²) in [5.74, 6) is 1.02. The third-order valence-corrected chi connectivity index (χ3v) is 5.93. The lowest BCUT2D eigenvalue weighted by Gasteiger charge is -2.20. The highest BCUT2D eigenvalue weighted by Gasteiger charge is 2.35. The van der Waals surface area contributed by atoms with Crippen LogP contribution >= 0.6 is 0 Å². The van der Waals surface area contributed by atoms with Crippen LogP contribution in [0.3, 0.4) is 0 Å². The molecule has 114 valence electrons. The summed E-state index contributed by atoms with van der Waals surface area (Å²) >= 11 is 0. The minimum absolute atomic E-state index is 0.00525. The highest BCUT2D eigenvalue weighted by Crippen LogP contribution is 2.34. The molecule has 3 N–H and O–H groups in total. The highest BCUT2D eigenvalue weighted by atomic mass is 32.2. The van der Waals surface area contributed by atoms with Gasteiger partial charge in [0.15, 0.2) is 5.82 Å². The number of hydrogen-bond donors (Lipinski definition) is 2. The molecule has 1 saturated carbocycles. The van der Waals surface area contributed by atoms with E-state index in [-0.39, 0.29) is 16.8 Å². The molecule has 1 aliphatic carbocycles. The van der Waals surface area contributed by atoms with Gasteiger partial charge in [0.25, 0.3) is 0 Å². The zero-order valence-corrected chi connectivity index (χ0v) is 13.2. The van der Waals surface area contributed by atoms with Crippen molar-refractivity contribution in [3.05, 3.63) is 6.20 Å². The van der Waals surface area contributed by atoms with Crippen LogP contribution < -0.4 is 10.5 Å². The summed E-state index contributed by atoms with van der Waals surface area (Å²) in [5.41, 5.74) is 5.71. The fourth-order valence-electron chi connectivity index (χ4n) is 3.04. The van der Waals surface area contributed by atoms with Gasteiger partial charge in [0.05, 0.1) is 0 Å². The lowest BCUT2D eigenvalue weighted by molar-refractivity contribution is 0.368. The smallest absolute Gasteiger partial charge is 0.246 e. The van der Waals surface area contributed by atoms with Crippen LogP contribution in [0.1, 0.15) is 40.0 Å². The maximum absolute atomic E-state index is 12.4. The van der Waals surface area contributed by atoms with Crippen molar-refractivity contribution in [3.63, 3.8) is 0 Å². The third-order valence-electron chi connectivity index (χ3n) is 4.43. The zero-order valence-electron chi connectivity index (χ0n) is 12.3. The highest BCUT2D eigenvalue weighted by molar-refractivity contribution is 7.89. The van der Waals surface area contributed by atoms with Crippen LogP contribution in [0.5, 0.6) is 0 Å². The Bertz CT molecular complexity index is 567. The molecule has 3 unspecified atom stereocenters. The van der Waals surface area contributed by atoms with Crippen molar-refractivity contribution in [2.75, 3.05) is 5.73 Å². The first-order chi connectivity index (χ1) is 9.39. The number of nitrogens with two attached hydrogens (primary N) is 1. The van der Waals surface area contributed by atoms with E-state index in [2.05, 4.69) is 23.7 Å². The summed E-state index contributed by atoms with van der Waals surface area (Å²) in [5, 5.41) is 4.00. The van der Waals surface area contributed by atoms with Crippen LogP contribution in [-0.2, 0) is 16.6 Å². The van der Waals surface area contributed by atoms with Crippen LogP contribution in [0.15, 0.2) is 11.1 Å². The van der Waals surface area contributed by atoms with Gasteiger partial charge < -0.3 is 5.73 Å². The zero-order chi connectivity index (χ0) is 14.9. The SMILES string of the molecule is CCC1CCC(NS(=O)(=O)c2cn(CC)nc2N)C1C. The minimum Gasteiger partial charge on any atom is -0.381 e. The monoisotopic (exact) mass is 300 g/mol. The summed E-state index contributed by atoms with van der Waals surface area (Å²) in [6, 6.07) is -0.00525. The first-order valence-electron chi connectivity index (χ1n) is 7.24. The first kappa shape index (κ1) is 15.3. The van der Waals surface area contributed by atoms with Crippen LogP contribution in [0.4, 0.5) is 5.82 Å². The summed E-state index contributed by atoms with van der Waals surface area (Å²) < 4.78 is 29.2. The molecule has 1 aliphatic rings. The molecule has 0 amide bonds. The van der Waals surface area contributed by atoms with Gasteiger partial charge in [-0.3, -0.25) is 4.68 Å². The Morgan fingerprint density at radius 2 is 2.15 bits per heavy atom. The van der Waals surface area contributed by atoms with E-state index in [4.69, 9.17) is 5.73 Å². The average molecular weight is 300 g/mol. The van der Waals surface area contributed by atoms with Gasteiger partial charge in [0.1, 0.15) is 4.90 Å². The number of sulfonamides is 1. The van der Waals surface area contributed by atoms with Crippen molar-refractivity contribution in [2.45, 2.75) is 57.5 Å². The predicted molar refractivity (Wildman–Crippen MR) is 78.6 cm³/mol. The molecule has 0 aliphatic heterocycles. The van der Waals surface area contributed by atoms with Crippen molar-refractivity contribution in [3.8, 4) is 0 Å². The van der Waals surface area contributed by atoms with Gasteiger partial charge in [0.2, 0.25) is 10.0 Å². The van der Waals surface area contributed by atoms with Crippen molar-refractivity contribution >= 4 is 15.8 Å². The number of rotatable bonds is 5. The van der Waals surface area contributed by atoms with Crippen LogP contribution in [0.25, 0.3) is 0 Å². The molecule has 1 fully saturated rings. The molecule has 1 aromatic heterocycles. The van der Waals surface area contributed by atoms with E-state index in [1.54, 1.807) is 0 Å². The average Bonchev–Trinajstić information content (AvgIpc) is 2.94. The lowest BCUT2D eigenvalue weighted by Crippen LogP contribution is -2.37. The van der Waals surface area contributed by atoms with Gasteiger partial charge in [-0.2, -0.15) is 5.10 Å². The Hall–Kier alpha value is -1.08. The molecular formula is C13H24N4O2S.